The van der Waals surface area contributed by atoms with Crippen LogP contribution in [0.1, 0.15) is 6.42 Å². The monoisotopic (exact) mass is 219 g/mol. The van der Waals surface area contributed by atoms with Crippen molar-refractivity contribution in [3.8, 4) is 5.75 Å². The van der Waals surface area contributed by atoms with Gasteiger partial charge in [-0.05, 0) is 18.9 Å². The van der Waals surface area contributed by atoms with Gasteiger partial charge < -0.3 is 15.0 Å². The summed E-state index contributed by atoms with van der Waals surface area (Å²) in [6, 6.07) is 2.74. The fraction of sp³-hybridized carbons (Fsp3) is 0.583. The third-order valence-electron chi connectivity index (χ3n) is 3.70. The van der Waals surface area contributed by atoms with E-state index in [9.17, 15) is 0 Å². The van der Waals surface area contributed by atoms with Crippen molar-refractivity contribution in [2.24, 2.45) is 5.92 Å². The number of aromatic nitrogens is 1. The first kappa shape index (κ1) is 9.90. The van der Waals surface area contributed by atoms with Crippen LogP contribution in [0.5, 0.6) is 5.75 Å². The molecule has 1 N–H and O–H groups in total. The fourth-order valence-electron chi connectivity index (χ4n) is 2.54. The summed E-state index contributed by atoms with van der Waals surface area (Å²) in [5.41, 5.74) is 1.17. The molecule has 2 aliphatic rings. The summed E-state index contributed by atoms with van der Waals surface area (Å²) in [5, 5.41) is 3.48. The van der Waals surface area contributed by atoms with Gasteiger partial charge in [-0.3, -0.25) is 4.98 Å². The fourth-order valence-corrected chi connectivity index (χ4v) is 2.54. The van der Waals surface area contributed by atoms with E-state index >= 15 is 0 Å². The topological polar surface area (TPSA) is 37.4 Å². The summed E-state index contributed by atoms with van der Waals surface area (Å²) in [7, 11) is 1.68. The van der Waals surface area contributed by atoms with Crippen LogP contribution < -0.4 is 15.0 Å². The molecule has 0 spiro atoms. The lowest BCUT2D eigenvalue weighted by atomic mass is 9.85. The molecule has 2 fully saturated rings. The average molecular weight is 219 g/mol. The molecular weight excluding hydrogens is 202 g/mol. The Hall–Kier alpha value is -1.29. The molecule has 0 aliphatic carbocycles. The van der Waals surface area contributed by atoms with E-state index in [4.69, 9.17) is 4.74 Å². The highest BCUT2D eigenvalue weighted by Crippen LogP contribution is 2.28. The van der Waals surface area contributed by atoms with Gasteiger partial charge in [0.05, 0.1) is 25.2 Å². The molecule has 2 atom stereocenters. The Balaban J connectivity index is 1.75. The summed E-state index contributed by atoms with van der Waals surface area (Å²) < 4.78 is 5.20. The number of nitrogens with one attached hydrogen (secondary N) is 1. The Kier molecular flexibility index (Phi) is 2.44. The second-order valence-corrected chi connectivity index (χ2v) is 4.59. The number of piperidine rings is 1. The van der Waals surface area contributed by atoms with E-state index in [2.05, 4.69) is 21.3 Å². The number of anilines is 1. The van der Waals surface area contributed by atoms with Crippen molar-refractivity contribution in [2.45, 2.75) is 12.5 Å². The highest BCUT2D eigenvalue weighted by atomic mass is 16.5. The molecule has 4 heteroatoms. The van der Waals surface area contributed by atoms with Crippen molar-refractivity contribution in [1.29, 1.82) is 0 Å². The van der Waals surface area contributed by atoms with Crippen LogP contribution in [-0.4, -0.2) is 37.8 Å². The number of rotatable bonds is 2. The van der Waals surface area contributed by atoms with Gasteiger partial charge in [-0.1, -0.05) is 0 Å². The van der Waals surface area contributed by atoms with Crippen molar-refractivity contribution in [2.75, 3.05) is 31.6 Å². The van der Waals surface area contributed by atoms with E-state index < -0.39 is 0 Å². The molecule has 0 amide bonds. The van der Waals surface area contributed by atoms with E-state index in [0.717, 1.165) is 24.8 Å². The number of hydrogen-bond donors (Lipinski definition) is 1. The van der Waals surface area contributed by atoms with Crippen LogP contribution in [0, 0.1) is 5.92 Å². The minimum absolute atomic E-state index is 0.681. The molecule has 3 heterocycles. The molecule has 3 rings (SSSR count). The number of nitrogens with zero attached hydrogens (tertiary/aromatic N) is 2. The molecule has 16 heavy (non-hydrogen) atoms. The van der Waals surface area contributed by atoms with Crippen LogP contribution in [0.2, 0.25) is 0 Å². The first-order chi connectivity index (χ1) is 7.86. The van der Waals surface area contributed by atoms with Gasteiger partial charge in [-0.15, -0.1) is 0 Å². The minimum Gasteiger partial charge on any atom is -0.495 e. The number of fused-ring (bicyclic) bond motifs is 1. The van der Waals surface area contributed by atoms with Crippen LogP contribution in [-0.2, 0) is 0 Å². The van der Waals surface area contributed by atoms with Crippen molar-refractivity contribution in [3.63, 3.8) is 0 Å². The third kappa shape index (κ3) is 1.63. The quantitative estimate of drug-likeness (QED) is 0.801. The molecule has 0 unspecified atom stereocenters. The SMILES string of the molecule is COc1cncc(N2CC[C@@H]3CN[C@@H]3C2)c1. The van der Waals surface area contributed by atoms with Crippen LogP contribution in [0.3, 0.4) is 0 Å². The maximum atomic E-state index is 5.20. The Bertz CT molecular complexity index is 382. The maximum Gasteiger partial charge on any atom is 0.139 e. The highest BCUT2D eigenvalue weighted by molar-refractivity contribution is 5.49. The molecule has 0 radical (unpaired) electrons. The van der Waals surface area contributed by atoms with Crippen molar-refractivity contribution in [1.82, 2.24) is 10.3 Å². The summed E-state index contributed by atoms with van der Waals surface area (Å²) in [4.78, 5) is 6.60. The molecule has 4 nitrogen and oxygen atoms in total. The van der Waals surface area contributed by atoms with Gasteiger partial charge in [0.15, 0.2) is 0 Å². The van der Waals surface area contributed by atoms with Crippen LogP contribution in [0.4, 0.5) is 5.69 Å². The maximum absolute atomic E-state index is 5.20. The first-order valence-corrected chi connectivity index (χ1v) is 5.84. The summed E-state index contributed by atoms with van der Waals surface area (Å²) in [5.74, 6) is 1.73. The third-order valence-corrected chi connectivity index (χ3v) is 3.70. The van der Waals surface area contributed by atoms with E-state index in [1.165, 1.54) is 18.7 Å². The zero-order valence-electron chi connectivity index (χ0n) is 9.52. The van der Waals surface area contributed by atoms with Crippen LogP contribution in [0.25, 0.3) is 0 Å². The lowest BCUT2D eigenvalue weighted by Crippen LogP contribution is -2.62. The standard InChI is InChI=1S/C12H17N3O/c1-16-11-4-10(6-13-7-11)15-3-2-9-5-14-12(9)8-15/h4,6-7,9,12,14H,2-3,5,8H2,1H3/t9-,12-/m1/s1. The smallest absolute Gasteiger partial charge is 0.139 e. The minimum atomic E-state index is 0.681. The summed E-state index contributed by atoms with van der Waals surface area (Å²) >= 11 is 0. The van der Waals surface area contributed by atoms with Gasteiger partial charge in [-0.25, -0.2) is 0 Å². The van der Waals surface area contributed by atoms with Crippen molar-refractivity contribution in [3.05, 3.63) is 18.5 Å². The van der Waals surface area contributed by atoms with Gasteiger partial charge in [0.1, 0.15) is 5.75 Å². The predicted octanol–water partition coefficient (Wildman–Crippen LogP) is 0.888. The van der Waals surface area contributed by atoms with Gasteiger partial charge in [-0.2, -0.15) is 0 Å². The normalized spacial score (nSPS) is 28.2. The Morgan fingerprint density at radius 2 is 2.44 bits per heavy atom. The summed E-state index contributed by atoms with van der Waals surface area (Å²) in [6.07, 6.45) is 4.95. The molecular formula is C12H17N3O. The lowest BCUT2D eigenvalue weighted by Gasteiger charge is -2.47. The lowest BCUT2D eigenvalue weighted by molar-refractivity contribution is 0.197. The van der Waals surface area contributed by atoms with E-state index in [0.29, 0.717) is 6.04 Å². The molecule has 1 aromatic rings. The van der Waals surface area contributed by atoms with Gasteiger partial charge >= 0.3 is 0 Å². The number of ether oxygens (including phenoxy) is 1. The van der Waals surface area contributed by atoms with E-state index in [1.54, 1.807) is 13.3 Å². The largest absolute Gasteiger partial charge is 0.495 e. The predicted molar refractivity (Wildman–Crippen MR) is 62.9 cm³/mol. The Labute approximate surface area is 95.6 Å². The van der Waals surface area contributed by atoms with E-state index in [1.807, 2.05) is 6.20 Å². The van der Waals surface area contributed by atoms with Gasteiger partial charge in [0.2, 0.25) is 0 Å². The number of methoxy groups -OCH3 is 1. The second kappa shape index (κ2) is 3.94. The van der Waals surface area contributed by atoms with Crippen LogP contribution in [0.15, 0.2) is 18.5 Å². The molecule has 0 aromatic carbocycles. The molecule has 1 aromatic heterocycles. The number of hydrogen-bond acceptors (Lipinski definition) is 4. The number of pyridine rings is 1. The molecule has 2 saturated heterocycles. The van der Waals surface area contributed by atoms with Crippen molar-refractivity contribution < 1.29 is 4.74 Å². The van der Waals surface area contributed by atoms with Gasteiger partial charge in [0.25, 0.3) is 0 Å². The second-order valence-electron chi connectivity index (χ2n) is 4.59. The zero-order chi connectivity index (χ0) is 11.0. The average Bonchev–Trinajstić information content (AvgIpc) is 2.31. The molecule has 0 bridgehead atoms. The molecule has 0 saturated carbocycles. The van der Waals surface area contributed by atoms with E-state index in [-0.39, 0.29) is 0 Å². The molecule has 86 valence electrons. The van der Waals surface area contributed by atoms with Gasteiger partial charge in [0, 0.05) is 25.2 Å². The van der Waals surface area contributed by atoms with Crippen LogP contribution >= 0.6 is 0 Å². The molecule has 2 aliphatic heterocycles. The highest BCUT2D eigenvalue weighted by Gasteiger charge is 2.35. The zero-order valence-corrected chi connectivity index (χ0v) is 9.52. The van der Waals surface area contributed by atoms with Crippen molar-refractivity contribution >= 4 is 5.69 Å². The first-order valence-electron chi connectivity index (χ1n) is 5.84. The summed E-state index contributed by atoms with van der Waals surface area (Å²) in [6.45, 7) is 3.44. The Morgan fingerprint density at radius 3 is 3.12 bits per heavy atom. The Morgan fingerprint density at radius 1 is 1.50 bits per heavy atom.